The normalized spacial score (nSPS) is 11.1. The summed E-state index contributed by atoms with van der Waals surface area (Å²) in [6, 6.07) is 11.6. The number of amides is 1. The number of hydrogen-bond acceptors (Lipinski definition) is 4. The molecule has 0 unspecified atom stereocenters. The third-order valence-corrected chi connectivity index (χ3v) is 7.37. The van der Waals surface area contributed by atoms with Crippen molar-refractivity contribution in [2.45, 2.75) is 38.7 Å². The molecule has 0 heterocycles. The second-order valence-corrected chi connectivity index (χ2v) is 15.0. The zero-order chi connectivity index (χ0) is 22.3. The molecule has 0 aromatic heterocycles. The molecular weight excluding hydrogens is 486 g/mol. The molecule has 0 spiro atoms. The Morgan fingerprint density at radius 1 is 1.13 bits per heavy atom. The van der Waals surface area contributed by atoms with Crippen LogP contribution in [0.5, 0.6) is 5.75 Å². The highest BCUT2D eigenvalue weighted by Crippen LogP contribution is 2.27. The van der Waals surface area contributed by atoms with Crippen LogP contribution in [0.2, 0.25) is 30.7 Å². The maximum atomic E-state index is 12.9. The Balaban J connectivity index is 2.11. The Kier molecular flexibility index (Phi) is 8.94. The van der Waals surface area contributed by atoms with Crippen LogP contribution in [0.1, 0.15) is 21.5 Å². The lowest BCUT2D eigenvalue weighted by atomic mass is 10.0. The van der Waals surface area contributed by atoms with Crippen molar-refractivity contribution in [1.82, 2.24) is 5.32 Å². The van der Waals surface area contributed by atoms with Gasteiger partial charge < -0.3 is 14.8 Å². The van der Waals surface area contributed by atoms with E-state index in [1.54, 1.807) is 19.2 Å². The number of esters is 1. The Labute approximate surface area is 192 Å². The highest BCUT2D eigenvalue weighted by molar-refractivity contribution is 9.10. The molecule has 0 saturated heterocycles. The van der Waals surface area contributed by atoms with Gasteiger partial charge in [-0.15, -0.1) is 0 Å². The predicted octanol–water partition coefficient (Wildman–Crippen LogP) is 5.47. The molecule has 0 saturated carbocycles. The lowest BCUT2D eigenvalue weighted by molar-refractivity contribution is -0.142. The molecule has 0 radical (unpaired) electrons. The number of rotatable bonds is 9. The summed E-state index contributed by atoms with van der Waals surface area (Å²) in [6.45, 7) is 7.36. The van der Waals surface area contributed by atoms with Crippen LogP contribution >= 0.6 is 27.5 Å². The summed E-state index contributed by atoms with van der Waals surface area (Å²) in [6.07, 6.45) is -0.0177. The molecule has 2 aromatic rings. The monoisotopic (exact) mass is 511 g/mol. The molecule has 1 amide bonds. The van der Waals surface area contributed by atoms with E-state index in [0.717, 1.165) is 11.6 Å². The minimum atomic E-state index is -1.29. The van der Waals surface area contributed by atoms with Gasteiger partial charge >= 0.3 is 5.97 Å². The van der Waals surface area contributed by atoms with Crippen molar-refractivity contribution >= 4 is 47.5 Å². The minimum Gasteiger partial charge on any atom is -0.496 e. The first-order valence-corrected chi connectivity index (χ1v) is 14.5. The van der Waals surface area contributed by atoms with Gasteiger partial charge in [0, 0.05) is 30.2 Å². The molecule has 162 valence electrons. The molecule has 8 heteroatoms. The number of para-hydroxylation sites is 1. The van der Waals surface area contributed by atoms with E-state index < -0.39 is 8.07 Å². The van der Waals surface area contributed by atoms with Gasteiger partial charge in [0.15, 0.2) is 0 Å². The number of benzene rings is 2. The summed E-state index contributed by atoms with van der Waals surface area (Å²) in [4.78, 5) is 25.2. The largest absolute Gasteiger partial charge is 0.496 e. The van der Waals surface area contributed by atoms with E-state index >= 15 is 0 Å². The number of carbonyl (C=O) groups is 2. The van der Waals surface area contributed by atoms with Crippen molar-refractivity contribution in [2.24, 2.45) is 0 Å². The molecule has 0 fully saturated rings. The number of hydrogen-bond donors (Lipinski definition) is 1. The SMILES string of the molecule is COc1ccccc1CNC(=O)c1cc(Br)c(Cl)cc1CC(=O)OCC[Si](C)(C)C. The van der Waals surface area contributed by atoms with Crippen molar-refractivity contribution in [3.05, 3.63) is 62.6 Å². The zero-order valence-electron chi connectivity index (χ0n) is 17.7. The Hall–Kier alpha value is -1.83. The number of nitrogens with one attached hydrogen (secondary N) is 1. The van der Waals surface area contributed by atoms with Crippen LogP contribution in [0, 0.1) is 0 Å². The van der Waals surface area contributed by atoms with Crippen LogP contribution in [-0.4, -0.2) is 33.7 Å². The Morgan fingerprint density at radius 2 is 1.83 bits per heavy atom. The maximum Gasteiger partial charge on any atom is 0.310 e. The maximum absolute atomic E-state index is 12.9. The molecular formula is C22H27BrClNO4Si. The Morgan fingerprint density at radius 3 is 2.50 bits per heavy atom. The van der Waals surface area contributed by atoms with Crippen molar-refractivity contribution in [2.75, 3.05) is 13.7 Å². The van der Waals surface area contributed by atoms with Crippen LogP contribution in [-0.2, 0) is 22.5 Å². The van der Waals surface area contributed by atoms with E-state index in [1.165, 1.54) is 0 Å². The van der Waals surface area contributed by atoms with Gasteiger partial charge in [0.05, 0.1) is 25.2 Å². The summed E-state index contributed by atoms with van der Waals surface area (Å²) < 4.78 is 11.3. The fourth-order valence-corrected chi connectivity index (χ4v) is 3.99. The fraction of sp³-hybridized carbons (Fsp3) is 0.364. The summed E-state index contributed by atoms with van der Waals surface area (Å²) >= 11 is 9.56. The van der Waals surface area contributed by atoms with Gasteiger partial charge in [0.2, 0.25) is 0 Å². The van der Waals surface area contributed by atoms with E-state index in [-0.39, 0.29) is 18.3 Å². The predicted molar refractivity (Wildman–Crippen MR) is 126 cm³/mol. The molecule has 0 atom stereocenters. The average molecular weight is 513 g/mol. The van der Waals surface area contributed by atoms with Gasteiger partial charge in [-0.05, 0) is 45.7 Å². The highest BCUT2D eigenvalue weighted by atomic mass is 79.9. The average Bonchev–Trinajstić information content (AvgIpc) is 2.67. The van der Waals surface area contributed by atoms with E-state index in [1.807, 2.05) is 24.3 Å². The van der Waals surface area contributed by atoms with Gasteiger partial charge in [0.25, 0.3) is 5.91 Å². The second kappa shape index (κ2) is 11.0. The van der Waals surface area contributed by atoms with Crippen LogP contribution in [0.15, 0.2) is 40.9 Å². The number of carbonyl (C=O) groups excluding carboxylic acids is 2. The van der Waals surface area contributed by atoms with Crippen LogP contribution in [0.4, 0.5) is 0 Å². The summed E-state index contributed by atoms with van der Waals surface area (Å²) in [5.74, 6) is 0.0230. The summed E-state index contributed by atoms with van der Waals surface area (Å²) in [5, 5.41) is 3.32. The molecule has 0 aliphatic carbocycles. The van der Waals surface area contributed by atoms with Crippen molar-refractivity contribution < 1.29 is 19.1 Å². The Bertz CT molecular complexity index is 914. The van der Waals surface area contributed by atoms with Crippen LogP contribution < -0.4 is 10.1 Å². The van der Waals surface area contributed by atoms with Crippen LogP contribution in [0.25, 0.3) is 0 Å². The quantitative estimate of drug-likeness (QED) is 0.358. The molecule has 5 nitrogen and oxygen atoms in total. The molecule has 0 bridgehead atoms. The van der Waals surface area contributed by atoms with E-state index in [2.05, 4.69) is 40.9 Å². The molecule has 1 N–H and O–H groups in total. The molecule has 2 aromatic carbocycles. The number of halogens is 2. The number of ether oxygens (including phenoxy) is 2. The lowest BCUT2D eigenvalue weighted by Crippen LogP contribution is -2.26. The smallest absolute Gasteiger partial charge is 0.310 e. The van der Waals surface area contributed by atoms with E-state index in [9.17, 15) is 9.59 Å². The van der Waals surface area contributed by atoms with E-state index in [4.69, 9.17) is 21.1 Å². The first-order chi connectivity index (χ1) is 14.1. The van der Waals surface area contributed by atoms with Crippen molar-refractivity contribution in [3.8, 4) is 5.75 Å². The molecule has 0 aliphatic rings. The van der Waals surface area contributed by atoms with Gasteiger partial charge in [-0.25, -0.2) is 0 Å². The molecule has 2 rings (SSSR count). The summed E-state index contributed by atoms with van der Waals surface area (Å²) in [5.41, 5.74) is 1.76. The lowest BCUT2D eigenvalue weighted by Gasteiger charge is -2.16. The van der Waals surface area contributed by atoms with Crippen molar-refractivity contribution in [3.63, 3.8) is 0 Å². The number of methoxy groups -OCH3 is 1. The van der Waals surface area contributed by atoms with Gasteiger partial charge in [-0.3, -0.25) is 9.59 Å². The highest BCUT2D eigenvalue weighted by Gasteiger charge is 2.19. The van der Waals surface area contributed by atoms with Gasteiger partial charge in [-0.2, -0.15) is 0 Å². The minimum absolute atomic E-state index is 0.0177. The summed E-state index contributed by atoms with van der Waals surface area (Å²) in [7, 11) is 0.295. The van der Waals surface area contributed by atoms with E-state index in [0.29, 0.717) is 39.5 Å². The first-order valence-electron chi connectivity index (χ1n) is 9.64. The fourth-order valence-electron chi connectivity index (χ4n) is 2.74. The third-order valence-electron chi connectivity index (χ3n) is 4.47. The topological polar surface area (TPSA) is 64.6 Å². The molecule has 30 heavy (non-hydrogen) atoms. The van der Waals surface area contributed by atoms with Crippen molar-refractivity contribution in [1.29, 1.82) is 0 Å². The first kappa shape index (κ1) is 24.4. The standard InChI is InChI=1S/C22H27BrClNO4Si/c1-28-20-8-6-5-7-15(20)14-25-22(27)17-13-18(23)19(24)11-16(17)12-21(26)29-9-10-30(2,3)4/h5-8,11,13H,9-10,12,14H2,1-4H3,(H,25,27). The second-order valence-electron chi connectivity index (χ2n) is 8.13. The van der Waals surface area contributed by atoms with Gasteiger partial charge in [-0.1, -0.05) is 49.4 Å². The molecule has 0 aliphatic heterocycles. The van der Waals surface area contributed by atoms with Crippen LogP contribution in [0.3, 0.4) is 0 Å². The zero-order valence-corrected chi connectivity index (χ0v) is 21.0. The van der Waals surface area contributed by atoms with Gasteiger partial charge in [0.1, 0.15) is 5.75 Å². The third kappa shape index (κ3) is 7.45.